The highest BCUT2D eigenvalue weighted by atomic mass is 16.5. The van der Waals surface area contributed by atoms with E-state index < -0.39 is 11.4 Å². The Morgan fingerprint density at radius 1 is 1.24 bits per heavy atom. The first kappa shape index (κ1) is 20.4. The van der Waals surface area contributed by atoms with E-state index in [1.54, 1.807) is 19.2 Å². The zero-order valence-corrected chi connectivity index (χ0v) is 16.6. The van der Waals surface area contributed by atoms with E-state index in [1.807, 2.05) is 37.3 Å². The van der Waals surface area contributed by atoms with Crippen LogP contribution in [-0.2, 0) is 11.3 Å². The molecular weight excluding hydrogens is 374 g/mol. The fourth-order valence-electron chi connectivity index (χ4n) is 3.10. The maximum absolute atomic E-state index is 12.3. The highest BCUT2D eigenvalue weighted by Gasteiger charge is 2.42. The quantitative estimate of drug-likeness (QED) is 0.741. The van der Waals surface area contributed by atoms with Crippen LogP contribution >= 0.6 is 0 Å². The lowest BCUT2D eigenvalue weighted by Gasteiger charge is -2.20. The van der Waals surface area contributed by atoms with E-state index in [1.165, 1.54) is 4.90 Å². The second-order valence-electron chi connectivity index (χ2n) is 7.18. The molecule has 1 unspecified atom stereocenters. The largest absolute Gasteiger partial charge is 0.490 e. The summed E-state index contributed by atoms with van der Waals surface area (Å²) in [5.41, 5.74) is -0.0701. The molecule has 2 aromatic rings. The highest BCUT2D eigenvalue weighted by Crippen LogP contribution is 2.31. The van der Waals surface area contributed by atoms with Crippen LogP contribution in [0.15, 0.2) is 42.6 Å². The van der Waals surface area contributed by atoms with E-state index in [0.717, 1.165) is 5.56 Å². The molecule has 1 atom stereocenters. The van der Waals surface area contributed by atoms with Crippen LogP contribution in [-0.4, -0.2) is 46.7 Å². The van der Waals surface area contributed by atoms with Gasteiger partial charge in [-0.15, -0.1) is 0 Å². The molecule has 0 bridgehead atoms. The number of rotatable bonds is 7. The van der Waals surface area contributed by atoms with Crippen molar-refractivity contribution in [2.24, 2.45) is 5.41 Å². The van der Waals surface area contributed by atoms with E-state index in [0.29, 0.717) is 43.5 Å². The molecule has 0 aliphatic carbocycles. The lowest BCUT2D eigenvalue weighted by molar-refractivity contribution is -0.147. The van der Waals surface area contributed by atoms with Crippen LogP contribution in [0.2, 0.25) is 0 Å². The van der Waals surface area contributed by atoms with Gasteiger partial charge in [0.05, 0.1) is 12.0 Å². The summed E-state index contributed by atoms with van der Waals surface area (Å²) in [6.07, 6.45) is 2.08. The number of amides is 2. The predicted octanol–water partition coefficient (Wildman–Crippen LogP) is 3.28. The van der Waals surface area contributed by atoms with Crippen molar-refractivity contribution in [3.63, 3.8) is 0 Å². The number of carboxylic acid groups (broad SMARTS) is 1. The Hall–Kier alpha value is -3.29. The summed E-state index contributed by atoms with van der Waals surface area (Å²) in [5, 5.41) is 12.1. The van der Waals surface area contributed by atoms with E-state index in [2.05, 4.69) is 10.3 Å². The summed E-state index contributed by atoms with van der Waals surface area (Å²) < 4.78 is 11.3. The Labute approximate surface area is 169 Å². The summed E-state index contributed by atoms with van der Waals surface area (Å²) in [6, 6.07) is 10.6. The second-order valence-corrected chi connectivity index (χ2v) is 7.18. The molecule has 2 amide bonds. The van der Waals surface area contributed by atoms with Crippen LogP contribution < -0.4 is 14.8 Å². The summed E-state index contributed by atoms with van der Waals surface area (Å²) >= 11 is 0. The van der Waals surface area contributed by atoms with Crippen LogP contribution in [0.3, 0.4) is 0 Å². The first-order valence-corrected chi connectivity index (χ1v) is 9.52. The van der Waals surface area contributed by atoms with Crippen molar-refractivity contribution < 1.29 is 24.2 Å². The molecule has 29 heavy (non-hydrogen) atoms. The van der Waals surface area contributed by atoms with Gasteiger partial charge in [0, 0.05) is 31.9 Å². The molecule has 1 fully saturated rings. The molecule has 2 N–H and O–H groups in total. The number of carbonyl (C=O) groups excluding carboxylic acids is 1. The van der Waals surface area contributed by atoms with Gasteiger partial charge in [0.2, 0.25) is 5.88 Å². The third-order valence-electron chi connectivity index (χ3n) is 4.88. The topological polar surface area (TPSA) is 101 Å². The van der Waals surface area contributed by atoms with Crippen molar-refractivity contribution in [3.8, 4) is 17.4 Å². The van der Waals surface area contributed by atoms with Gasteiger partial charge in [-0.25, -0.2) is 9.78 Å². The Kier molecular flexibility index (Phi) is 6.21. The fourth-order valence-corrected chi connectivity index (χ4v) is 3.10. The molecule has 1 saturated heterocycles. The maximum Gasteiger partial charge on any atom is 0.317 e. The van der Waals surface area contributed by atoms with Crippen molar-refractivity contribution in [3.05, 3.63) is 48.2 Å². The lowest BCUT2D eigenvalue weighted by Crippen LogP contribution is -2.40. The van der Waals surface area contributed by atoms with Crippen molar-refractivity contribution in [1.29, 1.82) is 0 Å². The Bertz CT molecular complexity index is 871. The van der Waals surface area contributed by atoms with Crippen LogP contribution in [0, 0.1) is 5.41 Å². The van der Waals surface area contributed by atoms with Gasteiger partial charge in [-0.1, -0.05) is 18.2 Å². The minimum absolute atomic E-state index is 0.207. The highest BCUT2D eigenvalue weighted by molar-refractivity contribution is 5.79. The van der Waals surface area contributed by atoms with Gasteiger partial charge in [-0.2, -0.15) is 0 Å². The van der Waals surface area contributed by atoms with Crippen molar-refractivity contribution in [1.82, 2.24) is 15.2 Å². The van der Waals surface area contributed by atoms with Crippen molar-refractivity contribution in [2.75, 3.05) is 19.7 Å². The SMILES string of the molecule is CCOc1ccccc1Oc1ccc(CNC(=O)N2CCC(C)(C(=O)O)C2)cn1. The monoisotopic (exact) mass is 399 g/mol. The summed E-state index contributed by atoms with van der Waals surface area (Å²) in [6.45, 7) is 5.03. The Morgan fingerprint density at radius 2 is 2.00 bits per heavy atom. The number of nitrogens with zero attached hydrogens (tertiary/aromatic N) is 2. The van der Waals surface area contributed by atoms with Gasteiger partial charge >= 0.3 is 12.0 Å². The van der Waals surface area contributed by atoms with E-state index in [9.17, 15) is 14.7 Å². The number of para-hydroxylation sites is 2. The predicted molar refractivity (Wildman–Crippen MR) is 106 cm³/mol. The van der Waals surface area contributed by atoms with Crippen LogP contribution in [0.25, 0.3) is 0 Å². The van der Waals surface area contributed by atoms with Gasteiger partial charge in [-0.3, -0.25) is 4.79 Å². The van der Waals surface area contributed by atoms with Gasteiger partial charge in [0.15, 0.2) is 11.5 Å². The lowest BCUT2D eigenvalue weighted by atomic mass is 9.90. The average molecular weight is 399 g/mol. The number of likely N-dealkylation sites (tertiary alicyclic amines) is 1. The zero-order chi connectivity index (χ0) is 20.9. The normalized spacial score (nSPS) is 18.3. The van der Waals surface area contributed by atoms with Crippen LogP contribution in [0.5, 0.6) is 17.4 Å². The Balaban J connectivity index is 1.54. The smallest absolute Gasteiger partial charge is 0.317 e. The molecule has 8 nitrogen and oxygen atoms in total. The molecule has 1 aromatic carbocycles. The number of carbonyl (C=O) groups is 2. The molecule has 154 valence electrons. The van der Waals surface area contributed by atoms with Crippen LogP contribution in [0.1, 0.15) is 25.8 Å². The molecule has 1 aliphatic heterocycles. The van der Waals surface area contributed by atoms with Gasteiger partial charge < -0.3 is 24.8 Å². The van der Waals surface area contributed by atoms with Crippen molar-refractivity contribution in [2.45, 2.75) is 26.8 Å². The number of carboxylic acids is 1. The zero-order valence-electron chi connectivity index (χ0n) is 16.6. The van der Waals surface area contributed by atoms with Gasteiger partial charge in [0.25, 0.3) is 0 Å². The summed E-state index contributed by atoms with van der Waals surface area (Å²) in [4.78, 5) is 29.4. The summed E-state index contributed by atoms with van der Waals surface area (Å²) in [7, 11) is 0. The molecule has 1 aliphatic rings. The minimum Gasteiger partial charge on any atom is -0.490 e. The Morgan fingerprint density at radius 3 is 2.62 bits per heavy atom. The standard InChI is InChI=1S/C21H25N3O5/c1-3-28-16-6-4-5-7-17(16)29-18-9-8-15(12-22-18)13-23-20(27)24-11-10-21(2,14-24)19(25)26/h4-9,12H,3,10-11,13-14H2,1-2H3,(H,23,27)(H,25,26). The minimum atomic E-state index is -0.879. The fraction of sp³-hybridized carbons (Fsp3) is 0.381. The second kappa shape index (κ2) is 8.81. The van der Waals surface area contributed by atoms with Gasteiger partial charge in [0.1, 0.15) is 0 Å². The van der Waals surface area contributed by atoms with Crippen molar-refractivity contribution >= 4 is 12.0 Å². The number of ether oxygens (including phenoxy) is 2. The molecule has 1 aromatic heterocycles. The third kappa shape index (κ3) is 4.96. The number of benzene rings is 1. The molecule has 2 heterocycles. The van der Waals surface area contributed by atoms with Crippen LogP contribution in [0.4, 0.5) is 4.79 Å². The summed E-state index contributed by atoms with van der Waals surface area (Å²) in [5.74, 6) is 0.771. The molecule has 0 radical (unpaired) electrons. The number of urea groups is 1. The average Bonchev–Trinajstić information content (AvgIpc) is 3.13. The maximum atomic E-state index is 12.3. The molecule has 0 saturated carbocycles. The number of hydrogen-bond donors (Lipinski definition) is 2. The number of nitrogens with one attached hydrogen (secondary N) is 1. The first-order chi connectivity index (χ1) is 13.9. The number of hydrogen-bond acceptors (Lipinski definition) is 5. The number of pyridine rings is 1. The van der Waals surface area contributed by atoms with Gasteiger partial charge in [-0.05, 0) is 38.0 Å². The molecule has 0 spiro atoms. The van der Waals surface area contributed by atoms with E-state index >= 15 is 0 Å². The number of aliphatic carboxylic acids is 1. The first-order valence-electron chi connectivity index (χ1n) is 9.52. The van der Waals surface area contributed by atoms with E-state index in [-0.39, 0.29) is 12.6 Å². The molecular formula is C21H25N3O5. The molecule has 3 rings (SSSR count). The number of aromatic nitrogens is 1. The van der Waals surface area contributed by atoms with E-state index in [4.69, 9.17) is 9.47 Å². The third-order valence-corrected chi connectivity index (χ3v) is 4.88. The molecule has 8 heteroatoms.